The zero-order valence-electron chi connectivity index (χ0n) is 14.6. The first-order valence-corrected chi connectivity index (χ1v) is 8.42. The SMILES string of the molecule is O=C(O)c1ccc(OCCCc2cc(-c3ccc(C(F)(F)F)cc3)no2)cc1. The lowest BCUT2D eigenvalue weighted by Gasteiger charge is -2.06. The van der Waals surface area contributed by atoms with E-state index in [9.17, 15) is 18.0 Å². The molecule has 0 aliphatic carbocycles. The summed E-state index contributed by atoms with van der Waals surface area (Å²) >= 11 is 0. The van der Waals surface area contributed by atoms with Gasteiger partial charge in [-0.3, -0.25) is 0 Å². The fourth-order valence-electron chi connectivity index (χ4n) is 2.53. The highest BCUT2D eigenvalue weighted by molar-refractivity contribution is 5.87. The lowest BCUT2D eigenvalue weighted by molar-refractivity contribution is -0.137. The zero-order valence-corrected chi connectivity index (χ0v) is 14.6. The second-order valence-corrected chi connectivity index (χ2v) is 6.04. The number of hydrogen-bond acceptors (Lipinski definition) is 4. The Morgan fingerprint density at radius 1 is 1.07 bits per heavy atom. The molecule has 0 amide bonds. The minimum Gasteiger partial charge on any atom is -0.494 e. The van der Waals surface area contributed by atoms with Crippen molar-refractivity contribution in [2.75, 3.05) is 6.61 Å². The second kappa shape index (κ2) is 8.16. The predicted molar refractivity (Wildman–Crippen MR) is 94.2 cm³/mol. The molecule has 0 fully saturated rings. The average Bonchev–Trinajstić information content (AvgIpc) is 3.14. The molecule has 0 saturated heterocycles. The lowest BCUT2D eigenvalue weighted by Crippen LogP contribution is -2.03. The Bertz CT molecular complexity index is 931. The van der Waals surface area contributed by atoms with Gasteiger partial charge in [-0.05, 0) is 42.8 Å². The highest BCUT2D eigenvalue weighted by atomic mass is 19.4. The molecule has 0 saturated carbocycles. The van der Waals surface area contributed by atoms with E-state index in [-0.39, 0.29) is 5.56 Å². The van der Waals surface area contributed by atoms with Gasteiger partial charge in [-0.15, -0.1) is 0 Å². The Kier molecular flexibility index (Phi) is 5.67. The molecule has 1 aromatic heterocycles. The normalized spacial score (nSPS) is 11.4. The van der Waals surface area contributed by atoms with Crippen molar-refractivity contribution in [1.29, 1.82) is 0 Å². The van der Waals surface area contributed by atoms with Gasteiger partial charge >= 0.3 is 12.1 Å². The summed E-state index contributed by atoms with van der Waals surface area (Å²) in [6.07, 6.45) is -3.20. The van der Waals surface area contributed by atoms with Crippen LogP contribution in [0.15, 0.2) is 59.1 Å². The number of aromatic carboxylic acids is 1. The van der Waals surface area contributed by atoms with Crippen molar-refractivity contribution in [2.45, 2.75) is 19.0 Å². The van der Waals surface area contributed by atoms with Crippen LogP contribution in [0.4, 0.5) is 13.2 Å². The van der Waals surface area contributed by atoms with Gasteiger partial charge in [-0.1, -0.05) is 17.3 Å². The Balaban J connectivity index is 1.50. The first-order valence-electron chi connectivity index (χ1n) is 8.42. The average molecular weight is 391 g/mol. The van der Waals surface area contributed by atoms with Crippen molar-refractivity contribution < 1.29 is 32.3 Å². The van der Waals surface area contributed by atoms with Crippen molar-refractivity contribution in [3.63, 3.8) is 0 Å². The minimum atomic E-state index is -4.37. The molecule has 3 aromatic rings. The van der Waals surface area contributed by atoms with Crippen LogP contribution in [0, 0.1) is 0 Å². The third-order valence-corrected chi connectivity index (χ3v) is 4.00. The molecule has 0 unspecified atom stereocenters. The van der Waals surface area contributed by atoms with Gasteiger partial charge in [-0.2, -0.15) is 13.2 Å². The maximum absolute atomic E-state index is 12.6. The highest BCUT2D eigenvalue weighted by Gasteiger charge is 2.30. The molecule has 146 valence electrons. The molecular formula is C20H16F3NO4. The van der Waals surface area contributed by atoms with Crippen LogP contribution in [0.3, 0.4) is 0 Å². The lowest BCUT2D eigenvalue weighted by atomic mass is 10.1. The summed E-state index contributed by atoms with van der Waals surface area (Å²) in [5.41, 5.74) is 0.477. The number of carboxylic acids is 1. The van der Waals surface area contributed by atoms with E-state index in [0.717, 1.165) is 12.1 Å². The van der Waals surface area contributed by atoms with Gasteiger partial charge in [0, 0.05) is 18.1 Å². The molecule has 0 aliphatic heterocycles. The molecule has 0 spiro atoms. The van der Waals surface area contributed by atoms with Crippen LogP contribution in [0.25, 0.3) is 11.3 Å². The first-order chi connectivity index (χ1) is 13.3. The standard InChI is InChI=1S/C20H16F3NO4/c21-20(22,23)15-7-3-13(4-8-15)18-12-17(28-24-18)2-1-11-27-16-9-5-14(6-10-16)19(25)26/h3-10,12H,1-2,11H2,(H,25,26). The number of carboxylic acid groups (broad SMARTS) is 1. The first kappa shape index (κ1) is 19.5. The molecule has 0 aliphatic rings. The minimum absolute atomic E-state index is 0.185. The Morgan fingerprint density at radius 2 is 1.75 bits per heavy atom. The summed E-state index contributed by atoms with van der Waals surface area (Å²) in [6, 6.07) is 12.5. The van der Waals surface area contributed by atoms with E-state index < -0.39 is 17.7 Å². The molecule has 0 atom stereocenters. The fourth-order valence-corrected chi connectivity index (χ4v) is 2.53. The van der Waals surface area contributed by atoms with Crippen molar-refractivity contribution in [1.82, 2.24) is 5.16 Å². The number of hydrogen-bond donors (Lipinski definition) is 1. The molecule has 0 radical (unpaired) electrons. The van der Waals surface area contributed by atoms with Gasteiger partial charge in [-0.25, -0.2) is 4.79 Å². The zero-order chi connectivity index (χ0) is 20.1. The van der Waals surface area contributed by atoms with Crippen molar-refractivity contribution in [2.24, 2.45) is 0 Å². The molecule has 1 N–H and O–H groups in total. The number of aryl methyl sites for hydroxylation is 1. The number of rotatable bonds is 7. The van der Waals surface area contributed by atoms with Crippen LogP contribution >= 0.6 is 0 Å². The third-order valence-electron chi connectivity index (χ3n) is 4.00. The smallest absolute Gasteiger partial charge is 0.416 e. The topological polar surface area (TPSA) is 72.6 Å². The number of nitrogens with zero attached hydrogens (tertiary/aromatic N) is 1. The maximum Gasteiger partial charge on any atom is 0.416 e. The van der Waals surface area contributed by atoms with E-state index in [1.54, 1.807) is 18.2 Å². The Morgan fingerprint density at radius 3 is 2.36 bits per heavy atom. The van der Waals surface area contributed by atoms with Crippen molar-refractivity contribution >= 4 is 5.97 Å². The summed E-state index contributed by atoms with van der Waals surface area (Å²) in [7, 11) is 0. The van der Waals surface area contributed by atoms with Gasteiger partial charge in [0.15, 0.2) is 0 Å². The number of ether oxygens (including phenoxy) is 1. The van der Waals surface area contributed by atoms with E-state index in [1.165, 1.54) is 24.3 Å². The summed E-state index contributed by atoms with van der Waals surface area (Å²) in [5, 5.41) is 12.7. The van der Waals surface area contributed by atoms with E-state index in [2.05, 4.69) is 5.16 Å². The Labute approximate surface area is 158 Å². The fraction of sp³-hybridized carbons (Fsp3) is 0.200. The molecule has 5 nitrogen and oxygen atoms in total. The molecule has 8 heteroatoms. The van der Waals surface area contributed by atoms with Crippen LogP contribution in [-0.4, -0.2) is 22.8 Å². The molecule has 3 rings (SSSR count). The summed E-state index contributed by atoms with van der Waals surface area (Å²) in [5.74, 6) is 0.161. The molecule has 0 bridgehead atoms. The predicted octanol–water partition coefficient (Wildman–Crippen LogP) is 5.07. The van der Waals surface area contributed by atoms with Crippen LogP contribution in [0.5, 0.6) is 5.75 Å². The van der Waals surface area contributed by atoms with Gasteiger partial charge in [0.2, 0.25) is 0 Å². The van der Waals surface area contributed by atoms with Crippen molar-refractivity contribution in [3.8, 4) is 17.0 Å². The van der Waals surface area contributed by atoms with Crippen LogP contribution in [0.1, 0.15) is 28.1 Å². The number of aromatic nitrogens is 1. The van der Waals surface area contributed by atoms with Gasteiger partial charge in [0.1, 0.15) is 17.2 Å². The highest BCUT2D eigenvalue weighted by Crippen LogP contribution is 2.30. The van der Waals surface area contributed by atoms with E-state index in [1.807, 2.05) is 0 Å². The van der Waals surface area contributed by atoms with Crippen LogP contribution in [0.2, 0.25) is 0 Å². The Hall–Kier alpha value is -3.29. The number of carbonyl (C=O) groups is 1. The quantitative estimate of drug-likeness (QED) is 0.569. The van der Waals surface area contributed by atoms with Gasteiger partial charge in [0.05, 0.1) is 17.7 Å². The van der Waals surface area contributed by atoms with E-state index >= 15 is 0 Å². The maximum atomic E-state index is 12.6. The van der Waals surface area contributed by atoms with Gasteiger partial charge < -0.3 is 14.4 Å². The van der Waals surface area contributed by atoms with Crippen molar-refractivity contribution in [3.05, 3.63) is 71.5 Å². The number of benzene rings is 2. The monoisotopic (exact) mass is 391 g/mol. The third kappa shape index (κ3) is 4.91. The summed E-state index contributed by atoms with van der Waals surface area (Å²) < 4.78 is 48.6. The molecular weight excluding hydrogens is 375 g/mol. The second-order valence-electron chi connectivity index (χ2n) is 6.04. The van der Waals surface area contributed by atoms with E-state index in [0.29, 0.717) is 42.2 Å². The van der Waals surface area contributed by atoms with Crippen LogP contribution in [-0.2, 0) is 12.6 Å². The number of alkyl halides is 3. The van der Waals surface area contributed by atoms with Crippen LogP contribution < -0.4 is 4.74 Å². The molecule has 1 heterocycles. The van der Waals surface area contributed by atoms with E-state index in [4.69, 9.17) is 14.4 Å². The number of halogens is 3. The molecule has 28 heavy (non-hydrogen) atoms. The van der Waals surface area contributed by atoms with Gasteiger partial charge in [0.25, 0.3) is 0 Å². The summed E-state index contributed by atoms with van der Waals surface area (Å²) in [4.78, 5) is 10.8. The largest absolute Gasteiger partial charge is 0.494 e. The summed E-state index contributed by atoms with van der Waals surface area (Å²) in [6.45, 7) is 0.392. The molecule has 2 aromatic carbocycles.